The lowest BCUT2D eigenvalue weighted by atomic mass is 10.2. The topological polar surface area (TPSA) is 21.6 Å². The molecule has 0 saturated carbocycles. The molecule has 0 aliphatic rings. The van der Waals surface area contributed by atoms with Gasteiger partial charge in [-0.2, -0.15) is 0 Å². The molecule has 0 rings (SSSR count). The Kier molecular flexibility index (Phi) is 3.40. The minimum Gasteiger partial charge on any atom is -0.390 e. The molecule has 0 aromatic carbocycles. The lowest BCUT2D eigenvalue weighted by molar-refractivity contribution is 0.00129. The van der Waals surface area contributed by atoms with Crippen molar-refractivity contribution in [1.29, 1.82) is 0 Å². The van der Waals surface area contributed by atoms with Crippen LogP contribution in [0.3, 0.4) is 0 Å². The molecule has 0 spiro atoms. The zero-order chi connectivity index (χ0) is 8.20. The van der Waals surface area contributed by atoms with E-state index in [1.807, 2.05) is 34.6 Å². The summed E-state index contributed by atoms with van der Waals surface area (Å²) in [7, 11) is 0. The van der Waals surface area contributed by atoms with Crippen LogP contribution in [0, 0.1) is 5.92 Å². The predicted molar refractivity (Wildman–Crippen MR) is 43.1 cm³/mol. The van der Waals surface area contributed by atoms with Gasteiger partial charge in [-0.3, -0.25) is 0 Å². The zero-order valence-corrected chi connectivity index (χ0v) is 7.43. The fourth-order valence-corrected chi connectivity index (χ4v) is 0.269. The van der Waals surface area contributed by atoms with Gasteiger partial charge < -0.3 is 4.84 Å². The summed E-state index contributed by atoms with van der Waals surface area (Å²) >= 11 is 0. The van der Waals surface area contributed by atoms with Crippen LogP contribution in [0.25, 0.3) is 0 Å². The van der Waals surface area contributed by atoms with Crippen LogP contribution in [0.4, 0.5) is 0 Å². The van der Waals surface area contributed by atoms with Gasteiger partial charge in [0.25, 0.3) is 0 Å². The Morgan fingerprint density at radius 2 is 1.80 bits per heavy atom. The van der Waals surface area contributed by atoms with E-state index < -0.39 is 0 Å². The molecule has 1 radical (unpaired) electrons. The molecule has 0 aliphatic carbocycles. The van der Waals surface area contributed by atoms with Gasteiger partial charge in [-0.05, 0) is 20.8 Å². The van der Waals surface area contributed by atoms with Gasteiger partial charge in [-0.15, -0.1) is 0 Å². The number of hydrogen-bond donors (Lipinski definition) is 0. The van der Waals surface area contributed by atoms with Crippen molar-refractivity contribution in [2.24, 2.45) is 11.1 Å². The first-order valence-electron chi connectivity index (χ1n) is 3.55. The Morgan fingerprint density at radius 3 is 2.10 bits per heavy atom. The van der Waals surface area contributed by atoms with Gasteiger partial charge in [0.2, 0.25) is 0 Å². The third-order valence-corrected chi connectivity index (χ3v) is 0.630. The quantitative estimate of drug-likeness (QED) is 0.428. The molecule has 0 heterocycles. The van der Waals surface area contributed by atoms with Crippen LogP contribution < -0.4 is 0 Å². The maximum absolute atomic E-state index is 5.05. The first-order valence-corrected chi connectivity index (χ1v) is 3.55. The number of rotatable bonds is 2. The van der Waals surface area contributed by atoms with E-state index >= 15 is 0 Å². The third-order valence-electron chi connectivity index (χ3n) is 0.630. The van der Waals surface area contributed by atoms with E-state index in [1.165, 1.54) is 0 Å². The third kappa shape index (κ3) is 7.47. The molecule has 0 unspecified atom stereocenters. The molecular formula is C8H16NO. The van der Waals surface area contributed by atoms with Crippen molar-refractivity contribution in [3.63, 3.8) is 0 Å². The van der Waals surface area contributed by atoms with Crippen molar-refractivity contribution in [1.82, 2.24) is 0 Å². The van der Waals surface area contributed by atoms with Gasteiger partial charge >= 0.3 is 0 Å². The van der Waals surface area contributed by atoms with Crippen molar-refractivity contribution in [3.05, 3.63) is 0 Å². The molecule has 10 heavy (non-hydrogen) atoms. The normalized spacial score (nSPS) is 13.0. The van der Waals surface area contributed by atoms with Gasteiger partial charge in [0.15, 0.2) is 0 Å². The SMILES string of the molecule is CC(C)/[C]=N/OC(C)(C)C. The zero-order valence-electron chi connectivity index (χ0n) is 7.43. The van der Waals surface area contributed by atoms with E-state index in [0.29, 0.717) is 5.92 Å². The summed E-state index contributed by atoms with van der Waals surface area (Å²) in [6.45, 7) is 9.89. The lowest BCUT2D eigenvalue weighted by Gasteiger charge is -2.14. The highest BCUT2D eigenvalue weighted by Gasteiger charge is 2.09. The molecule has 59 valence electrons. The van der Waals surface area contributed by atoms with Crippen LogP contribution >= 0.6 is 0 Å². The molecule has 0 aliphatic heterocycles. The maximum atomic E-state index is 5.05. The Morgan fingerprint density at radius 1 is 1.30 bits per heavy atom. The Balaban J connectivity index is 3.54. The first kappa shape index (κ1) is 9.47. The van der Waals surface area contributed by atoms with Crippen molar-refractivity contribution in [3.8, 4) is 0 Å². The standard InChI is InChI=1S/C8H16NO/c1-7(2)6-9-10-8(3,4)5/h7H,1-5H3. The minimum absolute atomic E-state index is 0.193. The second-order valence-electron chi connectivity index (χ2n) is 3.58. The summed E-state index contributed by atoms with van der Waals surface area (Å²) in [4.78, 5) is 5.05. The van der Waals surface area contributed by atoms with E-state index in [-0.39, 0.29) is 5.60 Å². The Hall–Kier alpha value is -0.530. The van der Waals surface area contributed by atoms with Crippen molar-refractivity contribution in [2.45, 2.75) is 40.2 Å². The highest BCUT2D eigenvalue weighted by atomic mass is 16.6. The van der Waals surface area contributed by atoms with Crippen molar-refractivity contribution < 1.29 is 4.84 Å². The minimum atomic E-state index is -0.193. The molecule has 0 aromatic rings. The largest absolute Gasteiger partial charge is 0.390 e. The summed E-state index contributed by atoms with van der Waals surface area (Å²) in [5.74, 6) is 0.336. The average Bonchev–Trinajstić information content (AvgIpc) is 1.59. The van der Waals surface area contributed by atoms with Gasteiger partial charge in [0.05, 0.1) is 0 Å². The highest BCUT2D eigenvalue weighted by Crippen LogP contribution is 2.06. The van der Waals surface area contributed by atoms with E-state index in [4.69, 9.17) is 4.84 Å². The van der Waals surface area contributed by atoms with Gasteiger partial charge in [-0.1, -0.05) is 19.0 Å². The Bertz CT molecular complexity index is 111. The summed E-state index contributed by atoms with van der Waals surface area (Å²) < 4.78 is 0. The molecule has 0 atom stereocenters. The fraction of sp³-hybridized carbons (Fsp3) is 0.875. The average molecular weight is 142 g/mol. The van der Waals surface area contributed by atoms with Gasteiger partial charge in [0.1, 0.15) is 11.8 Å². The van der Waals surface area contributed by atoms with Crippen LogP contribution in [0.5, 0.6) is 0 Å². The molecule has 2 nitrogen and oxygen atoms in total. The van der Waals surface area contributed by atoms with Gasteiger partial charge in [0, 0.05) is 5.92 Å². The van der Waals surface area contributed by atoms with Crippen LogP contribution in [0.1, 0.15) is 34.6 Å². The molecule has 0 N–H and O–H groups in total. The number of hydrogen-bond acceptors (Lipinski definition) is 2. The number of nitrogens with zero attached hydrogens (tertiary/aromatic N) is 1. The van der Waals surface area contributed by atoms with E-state index in [2.05, 4.69) is 11.4 Å². The molecule has 0 fully saturated rings. The van der Waals surface area contributed by atoms with E-state index in [0.717, 1.165) is 0 Å². The summed E-state index contributed by atoms with van der Waals surface area (Å²) in [5, 5.41) is 3.69. The Labute approximate surface area is 63.3 Å². The monoisotopic (exact) mass is 142 g/mol. The summed E-state index contributed by atoms with van der Waals surface area (Å²) in [6, 6.07) is 0. The van der Waals surface area contributed by atoms with Crippen LogP contribution in [0.2, 0.25) is 0 Å². The molecule has 0 amide bonds. The fourth-order valence-electron chi connectivity index (χ4n) is 0.269. The predicted octanol–water partition coefficient (Wildman–Crippen LogP) is 2.32. The molecular weight excluding hydrogens is 126 g/mol. The van der Waals surface area contributed by atoms with Crippen LogP contribution in [-0.4, -0.2) is 11.8 Å². The van der Waals surface area contributed by atoms with Crippen molar-refractivity contribution >= 4 is 6.21 Å². The van der Waals surface area contributed by atoms with E-state index in [9.17, 15) is 0 Å². The van der Waals surface area contributed by atoms with Gasteiger partial charge in [-0.25, -0.2) is 0 Å². The summed E-state index contributed by atoms with van der Waals surface area (Å²) in [5.41, 5.74) is -0.193. The first-order chi connectivity index (χ1) is 4.42. The molecule has 0 bridgehead atoms. The van der Waals surface area contributed by atoms with Crippen LogP contribution in [-0.2, 0) is 4.84 Å². The molecule has 0 saturated heterocycles. The summed E-state index contributed by atoms with van der Waals surface area (Å²) in [6.07, 6.45) is 2.80. The van der Waals surface area contributed by atoms with Crippen molar-refractivity contribution in [2.75, 3.05) is 0 Å². The second-order valence-corrected chi connectivity index (χ2v) is 3.58. The van der Waals surface area contributed by atoms with Crippen LogP contribution in [0.15, 0.2) is 5.16 Å². The van der Waals surface area contributed by atoms with E-state index in [1.54, 1.807) is 0 Å². The maximum Gasteiger partial charge on any atom is 0.129 e. The highest BCUT2D eigenvalue weighted by molar-refractivity contribution is 5.58. The smallest absolute Gasteiger partial charge is 0.129 e. The molecule has 0 aromatic heterocycles. The lowest BCUT2D eigenvalue weighted by Crippen LogP contribution is -2.15. The molecule has 2 heteroatoms. The second kappa shape index (κ2) is 3.59.